The van der Waals surface area contributed by atoms with Crippen LogP contribution in [0.25, 0.3) is 0 Å². The first-order valence-electron chi connectivity index (χ1n) is 6.52. The Morgan fingerprint density at radius 3 is 2.53 bits per heavy atom. The maximum Gasteiger partial charge on any atom is 0.0223 e. The maximum atomic E-state index is 5.92. The van der Waals surface area contributed by atoms with Gasteiger partial charge in [-0.05, 0) is 44.6 Å². The molecule has 2 heteroatoms. The second-order valence-electron chi connectivity index (χ2n) is 5.62. The fourth-order valence-corrected chi connectivity index (χ4v) is 2.79. The highest BCUT2D eigenvalue weighted by Crippen LogP contribution is 2.26. The van der Waals surface area contributed by atoms with Crippen molar-refractivity contribution >= 4 is 0 Å². The lowest BCUT2D eigenvalue weighted by atomic mass is 9.89. The van der Waals surface area contributed by atoms with Crippen molar-refractivity contribution < 1.29 is 0 Å². The van der Waals surface area contributed by atoms with E-state index in [1.807, 2.05) is 0 Å². The molecule has 2 N–H and O–H groups in total. The lowest BCUT2D eigenvalue weighted by molar-refractivity contribution is 0.0619. The van der Waals surface area contributed by atoms with Crippen molar-refractivity contribution in [3.05, 3.63) is 0 Å². The highest BCUT2D eigenvalue weighted by Gasteiger charge is 2.29. The number of nitrogens with zero attached hydrogens (tertiary/aromatic N) is 1. The van der Waals surface area contributed by atoms with Crippen LogP contribution in [0.4, 0.5) is 0 Å². The molecule has 90 valence electrons. The summed E-state index contributed by atoms with van der Waals surface area (Å²) in [5.41, 5.74) is 5.92. The fraction of sp³-hybridized carbons (Fsp3) is 1.00. The van der Waals surface area contributed by atoms with Crippen LogP contribution in [0.1, 0.15) is 47.0 Å². The summed E-state index contributed by atoms with van der Waals surface area (Å²) in [6, 6.07) is 1.31. The SMILES string of the molecule is CC(C)CC(CN)N1CCCC(C)C1C. The molecule has 0 aromatic rings. The van der Waals surface area contributed by atoms with Crippen LogP contribution in [-0.4, -0.2) is 30.1 Å². The summed E-state index contributed by atoms with van der Waals surface area (Å²) in [6.45, 7) is 11.4. The van der Waals surface area contributed by atoms with Gasteiger partial charge in [0.25, 0.3) is 0 Å². The number of rotatable bonds is 4. The smallest absolute Gasteiger partial charge is 0.0223 e. The molecule has 0 bridgehead atoms. The molecule has 1 saturated heterocycles. The minimum absolute atomic E-state index is 0.600. The van der Waals surface area contributed by atoms with E-state index in [9.17, 15) is 0 Å². The Morgan fingerprint density at radius 2 is 2.00 bits per heavy atom. The van der Waals surface area contributed by atoms with Crippen molar-refractivity contribution in [3.63, 3.8) is 0 Å². The Bertz CT molecular complexity index is 179. The van der Waals surface area contributed by atoms with Gasteiger partial charge < -0.3 is 5.73 Å². The maximum absolute atomic E-state index is 5.92. The van der Waals surface area contributed by atoms with E-state index in [0.29, 0.717) is 12.1 Å². The Kier molecular flexibility index (Phi) is 5.07. The molecule has 1 rings (SSSR count). The highest BCUT2D eigenvalue weighted by atomic mass is 15.2. The summed E-state index contributed by atoms with van der Waals surface area (Å²) < 4.78 is 0. The molecule has 0 aliphatic carbocycles. The first-order chi connectivity index (χ1) is 7.06. The van der Waals surface area contributed by atoms with E-state index < -0.39 is 0 Å². The monoisotopic (exact) mass is 212 g/mol. The summed E-state index contributed by atoms with van der Waals surface area (Å²) in [5, 5.41) is 0. The van der Waals surface area contributed by atoms with E-state index in [2.05, 4.69) is 32.6 Å². The summed E-state index contributed by atoms with van der Waals surface area (Å²) in [4.78, 5) is 2.65. The van der Waals surface area contributed by atoms with Crippen LogP contribution in [0, 0.1) is 11.8 Å². The molecule has 3 atom stereocenters. The van der Waals surface area contributed by atoms with Gasteiger partial charge in [0.05, 0.1) is 0 Å². The van der Waals surface area contributed by atoms with Gasteiger partial charge in [-0.25, -0.2) is 0 Å². The molecule has 0 aromatic heterocycles. The zero-order valence-electron chi connectivity index (χ0n) is 10.9. The van der Waals surface area contributed by atoms with Gasteiger partial charge in [-0.2, -0.15) is 0 Å². The molecule has 2 nitrogen and oxygen atoms in total. The minimum atomic E-state index is 0.600. The third-order valence-corrected chi connectivity index (χ3v) is 3.91. The van der Waals surface area contributed by atoms with Gasteiger partial charge in [0.15, 0.2) is 0 Å². The van der Waals surface area contributed by atoms with Crippen molar-refractivity contribution in [1.29, 1.82) is 0 Å². The van der Waals surface area contributed by atoms with Gasteiger partial charge in [-0.15, -0.1) is 0 Å². The topological polar surface area (TPSA) is 29.3 Å². The van der Waals surface area contributed by atoms with E-state index in [-0.39, 0.29) is 0 Å². The molecule has 1 aliphatic rings. The lowest BCUT2D eigenvalue weighted by Gasteiger charge is -2.43. The first kappa shape index (κ1) is 13.0. The van der Waals surface area contributed by atoms with Crippen molar-refractivity contribution in [2.75, 3.05) is 13.1 Å². The standard InChI is InChI=1S/C13H28N2/c1-10(2)8-13(9-14)15-7-5-6-11(3)12(15)4/h10-13H,5-9,14H2,1-4H3. The van der Waals surface area contributed by atoms with E-state index in [0.717, 1.165) is 18.4 Å². The molecular formula is C13H28N2. The molecule has 3 unspecified atom stereocenters. The van der Waals surface area contributed by atoms with Crippen molar-refractivity contribution in [3.8, 4) is 0 Å². The van der Waals surface area contributed by atoms with E-state index in [1.54, 1.807) is 0 Å². The van der Waals surface area contributed by atoms with E-state index in [4.69, 9.17) is 5.73 Å². The van der Waals surface area contributed by atoms with Crippen LogP contribution < -0.4 is 5.73 Å². The Morgan fingerprint density at radius 1 is 1.33 bits per heavy atom. The normalized spacial score (nSPS) is 30.8. The predicted molar refractivity (Wildman–Crippen MR) is 66.9 cm³/mol. The van der Waals surface area contributed by atoms with Crippen LogP contribution in [0.5, 0.6) is 0 Å². The Balaban J connectivity index is 2.57. The minimum Gasteiger partial charge on any atom is -0.329 e. The third-order valence-electron chi connectivity index (χ3n) is 3.91. The average Bonchev–Trinajstić information content (AvgIpc) is 2.19. The van der Waals surface area contributed by atoms with Crippen LogP contribution in [0.2, 0.25) is 0 Å². The predicted octanol–water partition coefficient (Wildman–Crippen LogP) is 2.48. The summed E-state index contributed by atoms with van der Waals surface area (Å²) in [7, 11) is 0. The molecule has 1 aliphatic heterocycles. The highest BCUT2D eigenvalue weighted by molar-refractivity contribution is 4.84. The summed E-state index contributed by atoms with van der Waals surface area (Å²) in [5.74, 6) is 1.59. The number of hydrogen-bond acceptors (Lipinski definition) is 2. The molecule has 1 heterocycles. The van der Waals surface area contributed by atoms with Gasteiger partial charge >= 0.3 is 0 Å². The second-order valence-corrected chi connectivity index (χ2v) is 5.62. The zero-order valence-corrected chi connectivity index (χ0v) is 10.9. The molecule has 1 fully saturated rings. The molecule has 15 heavy (non-hydrogen) atoms. The van der Waals surface area contributed by atoms with Crippen LogP contribution in [0.3, 0.4) is 0 Å². The molecule has 0 saturated carbocycles. The Hall–Kier alpha value is -0.0800. The van der Waals surface area contributed by atoms with Gasteiger partial charge in [0.2, 0.25) is 0 Å². The number of piperidine rings is 1. The number of hydrogen-bond donors (Lipinski definition) is 1. The summed E-state index contributed by atoms with van der Waals surface area (Å²) >= 11 is 0. The van der Waals surface area contributed by atoms with Crippen molar-refractivity contribution in [2.45, 2.75) is 59.0 Å². The Labute approximate surface area is 95.2 Å². The zero-order chi connectivity index (χ0) is 11.4. The van der Waals surface area contributed by atoms with E-state index in [1.165, 1.54) is 25.8 Å². The van der Waals surface area contributed by atoms with Gasteiger partial charge in [-0.3, -0.25) is 4.90 Å². The average molecular weight is 212 g/mol. The quantitative estimate of drug-likeness (QED) is 0.776. The van der Waals surface area contributed by atoms with Crippen molar-refractivity contribution in [2.24, 2.45) is 17.6 Å². The lowest BCUT2D eigenvalue weighted by Crippen LogP contribution is -2.51. The molecule has 0 amide bonds. The van der Waals surface area contributed by atoms with Crippen LogP contribution in [0.15, 0.2) is 0 Å². The molecule has 0 spiro atoms. The number of nitrogens with two attached hydrogens (primary N) is 1. The van der Waals surface area contributed by atoms with Crippen molar-refractivity contribution in [1.82, 2.24) is 4.90 Å². The largest absolute Gasteiger partial charge is 0.329 e. The number of likely N-dealkylation sites (tertiary alicyclic amines) is 1. The molecular weight excluding hydrogens is 184 g/mol. The van der Waals surface area contributed by atoms with Gasteiger partial charge in [0.1, 0.15) is 0 Å². The third kappa shape index (κ3) is 3.46. The van der Waals surface area contributed by atoms with Gasteiger partial charge in [-0.1, -0.05) is 20.8 Å². The fourth-order valence-electron chi connectivity index (χ4n) is 2.79. The van der Waals surface area contributed by atoms with E-state index >= 15 is 0 Å². The van der Waals surface area contributed by atoms with Crippen LogP contribution in [-0.2, 0) is 0 Å². The first-order valence-corrected chi connectivity index (χ1v) is 6.52. The summed E-state index contributed by atoms with van der Waals surface area (Å²) in [6.07, 6.45) is 3.98. The second kappa shape index (κ2) is 5.86. The molecule has 0 aromatic carbocycles. The van der Waals surface area contributed by atoms with Gasteiger partial charge in [0, 0.05) is 18.6 Å². The van der Waals surface area contributed by atoms with Crippen LogP contribution >= 0.6 is 0 Å². The molecule has 0 radical (unpaired) electrons.